The van der Waals surface area contributed by atoms with E-state index < -0.39 is 0 Å². The fourth-order valence-electron chi connectivity index (χ4n) is 4.88. The van der Waals surface area contributed by atoms with Crippen molar-refractivity contribution in [2.75, 3.05) is 26.7 Å². The maximum absolute atomic E-state index is 11.8. The highest BCUT2D eigenvalue weighted by Crippen LogP contribution is 2.54. The van der Waals surface area contributed by atoms with Gasteiger partial charge in [-0.2, -0.15) is 0 Å². The Morgan fingerprint density at radius 1 is 1.27 bits per heavy atom. The van der Waals surface area contributed by atoms with Gasteiger partial charge in [0.2, 0.25) is 0 Å². The SMILES string of the molecule is CCNC(=NCCc1cccc(C(=O)NC)c1)NC1CC(OCC)C12CCCC2.I. The Hall–Kier alpha value is -1.35. The first-order valence-corrected chi connectivity index (χ1v) is 11.1. The molecule has 3 N–H and O–H groups in total. The molecule has 0 aliphatic heterocycles. The van der Waals surface area contributed by atoms with Gasteiger partial charge < -0.3 is 20.7 Å². The van der Waals surface area contributed by atoms with Crippen LogP contribution in [0.15, 0.2) is 29.3 Å². The van der Waals surface area contributed by atoms with Gasteiger partial charge in [0.05, 0.1) is 6.10 Å². The Morgan fingerprint density at radius 2 is 2.03 bits per heavy atom. The zero-order valence-electron chi connectivity index (χ0n) is 18.5. The third-order valence-electron chi connectivity index (χ3n) is 6.43. The number of carbonyl (C=O) groups is 1. The summed E-state index contributed by atoms with van der Waals surface area (Å²) in [4.78, 5) is 16.6. The first-order chi connectivity index (χ1) is 14.1. The molecule has 2 saturated carbocycles. The minimum absolute atomic E-state index is 0. The van der Waals surface area contributed by atoms with Gasteiger partial charge in [-0.05, 0) is 57.2 Å². The standard InChI is InChI=1S/C23H36N4O2.HI/c1-4-25-22(26-14-11-17-9-8-10-18(15-17)21(28)24-3)27-19-16-20(29-5-2)23(19)12-6-7-13-23;/h8-10,15,19-20H,4-7,11-14,16H2,1-3H3,(H,24,28)(H2,25,26,27);1H. The predicted octanol–water partition coefficient (Wildman–Crippen LogP) is 3.50. The van der Waals surface area contributed by atoms with Crippen LogP contribution in [-0.2, 0) is 11.2 Å². The van der Waals surface area contributed by atoms with Crippen molar-refractivity contribution in [3.8, 4) is 0 Å². The Kier molecular flexibility index (Phi) is 9.87. The van der Waals surface area contributed by atoms with Crippen LogP contribution in [0.3, 0.4) is 0 Å². The number of carbonyl (C=O) groups excluding carboxylic acids is 1. The Bertz CT molecular complexity index is 719. The highest BCUT2D eigenvalue weighted by molar-refractivity contribution is 14.0. The molecule has 2 atom stereocenters. The zero-order chi connectivity index (χ0) is 20.7. The zero-order valence-corrected chi connectivity index (χ0v) is 20.8. The molecule has 0 bridgehead atoms. The summed E-state index contributed by atoms with van der Waals surface area (Å²) < 4.78 is 6.03. The molecular formula is C23H37IN4O2. The van der Waals surface area contributed by atoms with E-state index in [1.165, 1.54) is 25.7 Å². The van der Waals surface area contributed by atoms with Crippen LogP contribution in [0.1, 0.15) is 61.9 Å². The van der Waals surface area contributed by atoms with E-state index in [-0.39, 0.29) is 35.3 Å². The predicted molar refractivity (Wildman–Crippen MR) is 133 cm³/mol. The third-order valence-corrected chi connectivity index (χ3v) is 6.43. The maximum Gasteiger partial charge on any atom is 0.251 e. The molecule has 1 aromatic carbocycles. The van der Waals surface area contributed by atoms with E-state index in [2.05, 4.69) is 35.9 Å². The molecule has 30 heavy (non-hydrogen) atoms. The summed E-state index contributed by atoms with van der Waals surface area (Å²) in [7, 11) is 1.65. The summed E-state index contributed by atoms with van der Waals surface area (Å²) in [5.41, 5.74) is 2.10. The van der Waals surface area contributed by atoms with Crippen LogP contribution in [0.4, 0.5) is 0 Å². The third kappa shape index (κ3) is 5.66. The van der Waals surface area contributed by atoms with Gasteiger partial charge in [-0.1, -0.05) is 25.0 Å². The van der Waals surface area contributed by atoms with Gasteiger partial charge in [0.1, 0.15) is 0 Å². The number of benzene rings is 1. The average molecular weight is 528 g/mol. The van der Waals surface area contributed by atoms with Gasteiger partial charge in [0.25, 0.3) is 5.91 Å². The average Bonchev–Trinajstić information content (AvgIpc) is 3.26. The number of guanidine groups is 1. The summed E-state index contributed by atoms with van der Waals surface area (Å²) in [6.45, 7) is 6.50. The van der Waals surface area contributed by atoms with Crippen LogP contribution in [0.2, 0.25) is 0 Å². The van der Waals surface area contributed by atoms with Crippen LogP contribution in [0, 0.1) is 5.41 Å². The van der Waals surface area contributed by atoms with Crippen LogP contribution in [0.5, 0.6) is 0 Å². The van der Waals surface area contributed by atoms with Crippen LogP contribution in [0.25, 0.3) is 0 Å². The van der Waals surface area contributed by atoms with Gasteiger partial charge in [0.15, 0.2) is 5.96 Å². The van der Waals surface area contributed by atoms with E-state index in [1.807, 2.05) is 18.2 Å². The molecule has 2 fully saturated rings. The molecular weight excluding hydrogens is 491 g/mol. The minimum atomic E-state index is -0.0546. The lowest BCUT2D eigenvalue weighted by molar-refractivity contribution is -0.125. The summed E-state index contributed by atoms with van der Waals surface area (Å²) in [6, 6.07) is 8.20. The Balaban J connectivity index is 0.00000320. The molecule has 1 spiro atoms. The largest absolute Gasteiger partial charge is 0.378 e. The van der Waals surface area contributed by atoms with Crippen molar-refractivity contribution in [1.29, 1.82) is 0 Å². The highest BCUT2D eigenvalue weighted by atomic mass is 127. The lowest BCUT2D eigenvalue weighted by Gasteiger charge is -2.54. The van der Waals surface area contributed by atoms with Crippen molar-refractivity contribution in [2.24, 2.45) is 10.4 Å². The number of aliphatic imine (C=N–C) groups is 1. The number of amides is 1. The minimum Gasteiger partial charge on any atom is -0.378 e. The number of hydrogen-bond acceptors (Lipinski definition) is 3. The normalized spacial score (nSPS) is 22.2. The summed E-state index contributed by atoms with van der Waals surface area (Å²) in [5, 5.41) is 9.76. The second kappa shape index (κ2) is 11.9. The Labute approximate surface area is 198 Å². The topological polar surface area (TPSA) is 74.8 Å². The number of hydrogen-bond donors (Lipinski definition) is 3. The number of nitrogens with zero attached hydrogens (tertiary/aromatic N) is 1. The molecule has 1 amide bonds. The second-order valence-corrected chi connectivity index (χ2v) is 8.11. The van der Waals surface area contributed by atoms with E-state index >= 15 is 0 Å². The highest BCUT2D eigenvalue weighted by Gasteiger charge is 2.56. The second-order valence-electron chi connectivity index (χ2n) is 8.11. The fourth-order valence-corrected chi connectivity index (χ4v) is 4.88. The number of ether oxygens (including phenoxy) is 1. The quantitative estimate of drug-likeness (QED) is 0.275. The summed E-state index contributed by atoms with van der Waals surface area (Å²) in [6.07, 6.45) is 7.37. The van der Waals surface area contributed by atoms with Gasteiger partial charge in [0, 0.05) is 43.8 Å². The molecule has 7 heteroatoms. The number of halogens is 1. The molecule has 2 unspecified atom stereocenters. The first kappa shape index (κ1) is 24.9. The van der Waals surface area contributed by atoms with Gasteiger partial charge >= 0.3 is 0 Å². The maximum atomic E-state index is 11.8. The van der Waals surface area contributed by atoms with Crippen molar-refractivity contribution in [2.45, 2.75) is 64.5 Å². The summed E-state index contributed by atoms with van der Waals surface area (Å²) in [5.74, 6) is 0.835. The fraction of sp³-hybridized carbons (Fsp3) is 0.652. The van der Waals surface area contributed by atoms with Crippen LogP contribution < -0.4 is 16.0 Å². The summed E-state index contributed by atoms with van der Waals surface area (Å²) >= 11 is 0. The molecule has 2 aliphatic rings. The van der Waals surface area contributed by atoms with Crippen molar-refractivity contribution >= 4 is 35.8 Å². The molecule has 3 rings (SSSR count). The lowest BCUT2D eigenvalue weighted by atomic mass is 9.60. The van der Waals surface area contributed by atoms with Crippen LogP contribution in [-0.4, -0.2) is 50.8 Å². The van der Waals surface area contributed by atoms with E-state index in [1.54, 1.807) is 7.05 Å². The molecule has 168 valence electrons. The van der Waals surface area contributed by atoms with E-state index in [4.69, 9.17) is 9.73 Å². The number of nitrogens with one attached hydrogen (secondary N) is 3. The molecule has 2 aliphatic carbocycles. The smallest absolute Gasteiger partial charge is 0.251 e. The van der Waals surface area contributed by atoms with Gasteiger partial charge in [-0.3, -0.25) is 9.79 Å². The molecule has 0 heterocycles. The molecule has 0 radical (unpaired) electrons. The van der Waals surface area contributed by atoms with E-state index in [0.29, 0.717) is 24.3 Å². The monoisotopic (exact) mass is 528 g/mol. The molecule has 0 aromatic heterocycles. The number of rotatable bonds is 8. The van der Waals surface area contributed by atoms with Gasteiger partial charge in [-0.25, -0.2) is 0 Å². The van der Waals surface area contributed by atoms with E-state index in [9.17, 15) is 4.79 Å². The van der Waals surface area contributed by atoms with Crippen molar-refractivity contribution in [3.05, 3.63) is 35.4 Å². The van der Waals surface area contributed by atoms with E-state index in [0.717, 1.165) is 37.5 Å². The van der Waals surface area contributed by atoms with Crippen molar-refractivity contribution < 1.29 is 9.53 Å². The molecule has 0 saturated heterocycles. The Morgan fingerprint density at radius 3 is 2.70 bits per heavy atom. The first-order valence-electron chi connectivity index (χ1n) is 11.1. The molecule has 1 aromatic rings. The van der Waals surface area contributed by atoms with Gasteiger partial charge in [-0.15, -0.1) is 24.0 Å². The van der Waals surface area contributed by atoms with Crippen molar-refractivity contribution in [1.82, 2.24) is 16.0 Å². The van der Waals surface area contributed by atoms with Crippen molar-refractivity contribution in [3.63, 3.8) is 0 Å². The lowest BCUT2D eigenvalue weighted by Crippen LogP contribution is -2.65. The van der Waals surface area contributed by atoms with Crippen LogP contribution >= 0.6 is 24.0 Å². The molecule has 6 nitrogen and oxygen atoms in total.